The number of methoxy groups -OCH3 is 2. The van der Waals surface area contributed by atoms with Crippen molar-refractivity contribution in [1.82, 2.24) is 4.90 Å². The van der Waals surface area contributed by atoms with Crippen molar-refractivity contribution in [3.8, 4) is 11.5 Å². The Morgan fingerprint density at radius 2 is 2.05 bits per heavy atom. The maximum Gasteiger partial charge on any atom is 0.238 e. The quantitative estimate of drug-likeness (QED) is 0.903. The highest BCUT2D eigenvalue weighted by Gasteiger charge is 2.21. The lowest BCUT2D eigenvalue weighted by Gasteiger charge is -2.32. The van der Waals surface area contributed by atoms with Gasteiger partial charge in [-0.05, 0) is 26.3 Å². The van der Waals surface area contributed by atoms with Gasteiger partial charge in [-0.2, -0.15) is 0 Å². The molecule has 0 saturated carbocycles. The number of benzene rings is 1. The van der Waals surface area contributed by atoms with E-state index < -0.39 is 0 Å². The van der Waals surface area contributed by atoms with Gasteiger partial charge in [-0.15, -0.1) is 0 Å². The number of rotatable bonds is 5. The first kappa shape index (κ1) is 16.9. The van der Waals surface area contributed by atoms with Gasteiger partial charge in [0.25, 0.3) is 0 Å². The molecule has 1 atom stereocenters. The second kappa shape index (κ2) is 7.70. The standard InChI is InChI=1S/C16H23ClN2O3/c1-11-6-4-5-7-19(11)10-16(20)18-13-9-14(21-2)12(17)8-15(13)22-3/h8-9,11H,4-7,10H2,1-3H3,(H,18,20)/t11-/m1/s1. The monoisotopic (exact) mass is 326 g/mol. The van der Waals surface area contributed by atoms with Gasteiger partial charge in [-0.3, -0.25) is 9.69 Å². The van der Waals surface area contributed by atoms with Crippen LogP contribution in [0.2, 0.25) is 5.02 Å². The lowest BCUT2D eigenvalue weighted by atomic mass is 10.0. The van der Waals surface area contributed by atoms with E-state index in [0.29, 0.717) is 34.8 Å². The summed E-state index contributed by atoms with van der Waals surface area (Å²) >= 11 is 6.07. The summed E-state index contributed by atoms with van der Waals surface area (Å²) in [5.41, 5.74) is 0.568. The minimum absolute atomic E-state index is 0.0589. The predicted octanol–water partition coefficient (Wildman–Crippen LogP) is 3.17. The summed E-state index contributed by atoms with van der Waals surface area (Å²) in [4.78, 5) is 14.5. The van der Waals surface area contributed by atoms with Gasteiger partial charge in [-0.1, -0.05) is 18.0 Å². The number of nitrogens with one attached hydrogen (secondary N) is 1. The molecule has 5 nitrogen and oxygen atoms in total. The van der Waals surface area contributed by atoms with Crippen molar-refractivity contribution in [3.63, 3.8) is 0 Å². The van der Waals surface area contributed by atoms with E-state index in [4.69, 9.17) is 21.1 Å². The Morgan fingerprint density at radius 3 is 2.68 bits per heavy atom. The first-order valence-corrected chi connectivity index (χ1v) is 7.88. The normalized spacial score (nSPS) is 18.8. The molecule has 1 aliphatic rings. The molecule has 1 fully saturated rings. The molecule has 22 heavy (non-hydrogen) atoms. The highest BCUT2D eigenvalue weighted by atomic mass is 35.5. The molecule has 0 bridgehead atoms. The van der Waals surface area contributed by atoms with Gasteiger partial charge in [0.05, 0.1) is 31.5 Å². The van der Waals surface area contributed by atoms with Crippen LogP contribution in [0.15, 0.2) is 12.1 Å². The van der Waals surface area contributed by atoms with Gasteiger partial charge in [0.2, 0.25) is 5.91 Å². The van der Waals surface area contributed by atoms with Crippen LogP contribution in [0.4, 0.5) is 5.69 Å². The molecule has 1 aromatic rings. The number of hydrogen-bond donors (Lipinski definition) is 1. The van der Waals surface area contributed by atoms with Gasteiger partial charge >= 0.3 is 0 Å². The van der Waals surface area contributed by atoms with E-state index in [-0.39, 0.29) is 5.91 Å². The Labute approximate surface area is 136 Å². The molecule has 0 spiro atoms. The van der Waals surface area contributed by atoms with Crippen molar-refractivity contribution >= 4 is 23.2 Å². The molecule has 1 amide bonds. The van der Waals surface area contributed by atoms with Gasteiger partial charge in [0.1, 0.15) is 11.5 Å². The minimum atomic E-state index is -0.0589. The first-order valence-electron chi connectivity index (χ1n) is 7.50. The van der Waals surface area contributed by atoms with Crippen LogP contribution in [-0.2, 0) is 4.79 Å². The summed E-state index contributed by atoms with van der Waals surface area (Å²) in [5.74, 6) is 0.964. The molecule has 1 saturated heterocycles. The van der Waals surface area contributed by atoms with Crippen LogP contribution in [0, 0.1) is 0 Å². The zero-order valence-electron chi connectivity index (χ0n) is 13.3. The van der Waals surface area contributed by atoms with Crippen molar-refractivity contribution in [3.05, 3.63) is 17.2 Å². The summed E-state index contributed by atoms with van der Waals surface area (Å²) in [6, 6.07) is 3.76. The SMILES string of the molecule is COc1cc(NC(=O)CN2CCCC[C@H]2C)c(OC)cc1Cl. The molecule has 6 heteroatoms. The molecular formula is C16H23ClN2O3. The van der Waals surface area contributed by atoms with Crippen LogP contribution < -0.4 is 14.8 Å². The molecule has 1 aliphatic heterocycles. The van der Waals surface area contributed by atoms with Crippen molar-refractivity contribution in [2.24, 2.45) is 0 Å². The number of amides is 1. The van der Waals surface area contributed by atoms with E-state index >= 15 is 0 Å². The molecule has 1 aromatic carbocycles. The fraction of sp³-hybridized carbons (Fsp3) is 0.562. The summed E-state index contributed by atoms with van der Waals surface area (Å²) < 4.78 is 10.5. The third-order valence-corrected chi connectivity index (χ3v) is 4.33. The third kappa shape index (κ3) is 4.05. The number of anilines is 1. The van der Waals surface area contributed by atoms with Crippen LogP contribution in [0.25, 0.3) is 0 Å². The van der Waals surface area contributed by atoms with Crippen molar-refractivity contribution in [2.45, 2.75) is 32.2 Å². The number of carbonyl (C=O) groups excluding carboxylic acids is 1. The largest absolute Gasteiger partial charge is 0.495 e. The second-order valence-electron chi connectivity index (χ2n) is 5.55. The second-order valence-corrected chi connectivity index (χ2v) is 5.96. The Bertz CT molecular complexity index is 536. The number of nitrogens with zero attached hydrogens (tertiary/aromatic N) is 1. The van der Waals surface area contributed by atoms with Gasteiger partial charge < -0.3 is 14.8 Å². The Morgan fingerprint density at radius 1 is 1.32 bits per heavy atom. The van der Waals surface area contributed by atoms with Crippen LogP contribution in [0.5, 0.6) is 11.5 Å². The predicted molar refractivity (Wildman–Crippen MR) is 88.1 cm³/mol. The molecular weight excluding hydrogens is 304 g/mol. The molecule has 122 valence electrons. The first-order chi connectivity index (χ1) is 10.5. The Kier molecular flexibility index (Phi) is 5.91. The van der Waals surface area contributed by atoms with Gasteiger partial charge in [0, 0.05) is 18.2 Å². The molecule has 0 unspecified atom stereocenters. The molecule has 1 heterocycles. The molecule has 0 aliphatic carbocycles. The zero-order valence-corrected chi connectivity index (χ0v) is 14.1. The zero-order chi connectivity index (χ0) is 16.1. The van der Waals surface area contributed by atoms with E-state index in [0.717, 1.165) is 19.4 Å². The summed E-state index contributed by atoms with van der Waals surface area (Å²) in [7, 11) is 3.08. The topological polar surface area (TPSA) is 50.8 Å². The fourth-order valence-electron chi connectivity index (χ4n) is 2.72. The number of piperidine rings is 1. The summed E-state index contributed by atoms with van der Waals surface area (Å²) in [5, 5.41) is 3.33. The van der Waals surface area contributed by atoms with E-state index in [1.807, 2.05) is 0 Å². The number of carbonyl (C=O) groups is 1. The van der Waals surface area contributed by atoms with E-state index in [1.165, 1.54) is 13.5 Å². The third-order valence-electron chi connectivity index (χ3n) is 4.04. The van der Waals surface area contributed by atoms with Crippen molar-refractivity contribution in [2.75, 3.05) is 32.6 Å². The number of ether oxygens (including phenoxy) is 2. The molecule has 0 aromatic heterocycles. The average Bonchev–Trinajstić information content (AvgIpc) is 2.50. The number of hydrogen-bond acceptors (Lipinski definition) is 4. The van der Waals surface area contributed by atoms with Crippen LogP contribution in [0.3, 0.4) is 0 Å². The van der Waals surface area contributed by atoms with Crippen LogP contribution in [-0.4, -0.2) is 44.2 Å². The number of likely N-dealkylation sites (tertiary alicyclic amines) is 1. The maximum atomic E-state index is 12.3. The molecule has 1 N–H and O–H groups in total. The van der Waals surface area contributed by atoms with Crippen molar-refractivity contribution in [1.29, 1.82) is 0 Å². The van der Waals surface area contributed by atoms with Crippen LogP contribution in [0.1, 0.15) is 26.2 Å². The minimum Gasteiger partial charge on any atom is -0.495 e. The average molecular weight is 327 g/mol. The van der Waals surface area contributed by atoms with Crippen molar-refractivity contribution < 1.29 is 14.3 Å². The molecule has 0 radical (unpaired) electrons. The van der Waals surface area contributed by atoms with E-state index in [2.05, 4.69) is 17.1 Å². The smallest absolute Gasteiger partial charge is 0.238 e. The highest BCUT2D eigenvalue weighted by molar-refractivity contribution is 6.32. The fourth-order valence-corrected chi connectivity index (χ4v) is 2.96. The van der Waals surface area contributed by atoms with Gasteiger partial charge in [0.15, 0.2) is 0 Å². The number of halogens is 1. The van der Waals surface area contributed by atoms with E-state index in [1.54, 1.807) is 19.2 Å². The Balaban J connectivity index is 2.07. The summed E-state index contributed by atoms with van der Waals surface area (Å²) in [6.07, 6.45) is 3.53. The van der Waals surface area contributed by atoms with Gasteiger partial charge in [-0.25, -0.2) is 0 Å². The van der Waals surface area contributed by atoms with Crippen LogP contribution >= 0.6 is 11.6 Å². The maximum absolute atomic E-state index is 12.3. The van der Waals surface area contributed by atoms with E-state index in [9.17, 15) is 4.79 Å². The lowest BCUT2D eigenvalue weighted by Crippen LogP contribution is -2.42. The highest BCUT2D eigenvalue weighted by Crippen LogP contribution is 2.35. The Hall–Kier alpha value is -1.46. The summed E-state index contributed by atoms with van der Waals surface area (Å²) in [6.45, 7) is 3.52. The lowest BCUT2D eigenvalue weighted by molar-refractivity contribution is -0.118. The molecule has 2 rings (SSSR count).